The minimum absolute atomic E-state index is 0.00685. The minimum atomic E-state index is -0.203. The maximum Gasteiger partial charge on any atom is 0.179 e. The third-order valence-electron chi connectivity index (χ3n) is 11.8. The van der Waals surface area contributed by atoms with Crippen molar-refractivity contribution in [3.63, 3.8) is 0 Å². The van der Waals surface area contributed by atoms with Crippen LogP contribution in [0.25, 0.3) is 11.3 Å². The first kappa shape index (κ1) is 58.6. The zero-order chi connectivity index (χ0) is 54.5. The second kappa shape index (κ2) is 31.5. The smallest absolute Gasteiger partial charge is 0.179 e. The predicted molar refractivity (Wildman–Crippen MR) is 287 cm³/mol. The number of halogens is 2. The monoisotopic (exact) mass is 1080 g/mol. The van der Waals surface area contributed by atoms with E-state index in [-0.39, 0.29) is 44.6 Å². The minimum Gasteiger partial charge on any atom is -0.358 e. The zero-order valence-electron chi connectivity index (χ0n) is 44.1. The third-order valence-corrected chi connectivity index (χ3v) is 13.5. The second-order valence-corrected chi connectivity index (χ2v) is 17.7. The molecule has 0 spiro atoms. The SMILES string of the molecule is C=C.CC.CC.CC.CC(C#N)C1CCc2[nH]ncc2C1=O.Cc1[nH]c2c(c1C)CCc1[nH]ncc1-2.O=C1CCCc2[nH]ncc21.O=C1c2cn[nH]c2CCC1Br.O=C1c2cn[nH]c2CCC1Br.[2H][2H].[B][B]. The number of aromatic nitrogens is 11. The normalized spacial score (nSPS) is 17.5. The second-order valence-electron chi connectivity index (χ2n) is 15.5. The molecule has 0 amide bonds. The van der Waals surface area contributed by atoms with Crippen molar-refractivity contribution >= 4 is 70.5 Å². The Hall–Kier alpha value is -5.67. The highest BCUT2D eigenvalue weighted by molar-refractivity contribution is 9.10. The van der Waals surface area contributed by atoms with Crippen molar-refractivity contribution in [2.45, 2.75) is 143 Å². The number of Topliss-reactive ketones (excluding diaryl/α,β-unsaturated/α-hetero) is 4. The van der Waals surface area contributed by atoms with Crippen LogP contribution in [0.15, 0.2) is 44.1 Å². The summed E-state index contributed by atoms with van der Waals surface area (Å²) in [5, 5.41) is 42.5. The Labute approximate surface area is 435 Å². The Morgan fingerprint density at radius 3 is 1.44 bits per heavy atom. The van der Waals surface area contributed by atoms with Crippen LogP contribution in [-0.2, 0) is 38.5 Å². The molecule has 6 heterocycles. The van der Waals surface area contributed by atoms with Gasteiger partial charge < -0.3 is 4.98 Å². The molecule has 16 nitrogen and oxygen atoms in total. The molecule has 5 aliphatic carbocycles. The van der Waals surface area contributed by atoms with E-state index >= 15 is 0 Å². The standard InChI is InChI=1S/C11H13N3.C10H11N3O.2C7H7BrN2O.C7H8N2O.3C2H6.C2H4.B2.H2/c1-6-7(2)13-11-8(6)3-4-10-9(11)5-12-14-10;1-6(4-11)7-2-3-9-8(10(7)14)5-12-13-9;2*8-5-1-2-6-4(7(5)11)3-9-10-6;10-7-3-1-2-6-5(7)4-8-9-6;5*1-2;/h5,13H,3-4H2,1-2H3,(H,12,14);5-7H,2-3H2,1H3,(H,12,13);2*3,5H,1-2H2,(H,9,10);4H,1-3H2,(H,8,9);3*1-2H3;1-2H2;;1H/i;;;;;;;;;;1+1D. The average molecular weight is 1090 g/mol. The molecule has 0 aliphatic heterocycles. The van der Waals surface area contributed by atoms with E-state index in [0.29, 0.717) is 12.0 Å². The van der Waals surface area contributed by atoms with Crippen LogP contribution in [0, 0.1) is 37.0 Å². The van der Waals surface area contributed by atoms with Crippen molar-refractivity contribution in [3.8, 4) is 17.3 Å². The van der Waals surface area contributed by atoms with Crippen molar-refractivity contribution in [2.75, 3.05) is 0 Å². The summed E-state index contributed by atoms with van der Waals surface area (Å²) in [4.78, 5) is 49.1. The van der Waals surface area contributed by atoms with Gasteiger partial charge in [0.05, 0.1) is 80.6 Å². The van der Waals surface area contributed by atoms with Crippen LogP contribution in [0.4, 0.5) is 0 Å². The Morgan fingerprint density at radius 2 is 1.00 bits per heavy atom. The van der Waals surface area contributed by atoms with Crippen molar-refractivity contribution in [2.24, 2.45) is 11.8 Å². The molecule has 5 aliphatic rings. The molecule has 6 N–H and O–H groups in total. The van der Waals surface area contributed by atoms with Gasteiger partial charge in [0.1, 0.15) is 0 Å². The number of nitrogens with one attached hydrogen (secondary N) is 6. The number of H-pyrrole nitrogens is 6. The van der Waals surface area contributed by atoms with Gasteiger partial charge in [-0.2, -0.15) is 30.8 Å². The van der Waals surface area contributed by atoms with E-state index in [2.05, 4.69) is 136 Å². The summed E-state index contributed by atoms with van der Waals surface area (Å²) in [6.45, 7) is 24.1. The van der Waals surface area contributed by atoms with Gasteiger partial charge in [0, 0.05) is 70.5 Å². The lowest BCUT2D eigenvalue weighted by atomic mass is 9.79. The van der Waals surface area contributed by atoms with Gasteiger partial charge in [-0.1, -0.05) is 73.4 Å². The number of fused-ring (bicyclic) bond motifs is 7. The van der Waals surface area contributed by atoms with Gasteiger partial charge >= 0.3 is 0 Å². The number of carbonyl (C=O) groups is 4. The van der Waals surface area contributed by atoms with E-state index in [0.717, 1.165) is 104 Å². The average Bonchev–Trinajstić information content (AvgIpc) is 4.32. The molecule has 4 atom stereocenters. The van der Waals surface area contributed by atoms with Crippen LogP contribution >= 0.6 is 31.9 Å². The molecule has 70 heavy (non-hydrogen) atoms. The molecular weight excluding hydrogens is 1010 g/mol. The van der Waals surface area contributed by atoms with Crippen molar-refractivity contribution in [1.82, 2.24) is 56.0 Å². The number of nitriles is 1. The zero-order valence-corrected chi connectivity index (χ0v) is 45.3. The summed E-state index contributed by atoms with van der Waals surface area (Å²) in [6, 6.07) is 2.14. The Bertz CT molecular complexity index is 2540. The molecule has 0 saturated carbocycles. The van der Waals surface area contributed by atoms with Gasteiger partial charge in [-0.25, -0.2) is 0 Å². The number of hydrogen-bond acceptors (Lipinski definition) is 10. The Balaban J connectivity index is 0.000000429. The fraction of sp³-hybridized carbons (Fsp3) is 0.480. The lowest BCUT2D eigenvalue weighted by Gasteiger charge is -2.21. The van der Waals surface area contributed by atoms with Gasteiger partial charge in [0.25, 0.3) is 0 Å². The number of alkyl halides is 2. The molecule has 0 bridgehead atoms. The van der Waals surface area contributed by atoms with E-state index < -0.39 is 0 Å². The van der Waals surface area contributed by atoms with Crippen LogP contribution in [0.2, 0.25) is 0 Å². The van der Waals surface area contributed by atoms with E-state index in [1.54, 1.807) is 31.7 Å². The molecule has 0 saturated heterocycles. The van der Waals surface area contributed by atoms with Gasteiger partial charge in [-0.05, 0) is 96.1 Å². The van der Waals surface area contributed by atoms with Crippen LogP contribution < -0.4 is 0 Å². The highest BCUT2D eigenvalue weighted by Gasteiger charge is 2.33. The maximum absolute atomic E-state index is 11.9. The van der Waals surface area contributed by atoms with Crippen LogP contribution in [0.1, 0.15) is 170 Å². The van der Waals surface area contributed by atoms with E-state index in [9.17, 15) is 19.2 Å². The molecule has 4 radical (unpaired) electrons. The number of hydrogen-bond donors (Lipinski definition) is 6. The molecule has 0 fully saturated rings. The highest BCUT2D eigenvalue weighted by atomic mass is 79.9. The summed E-state index contributed by atoms with van der Waals surface area (Å²) < 4.78 is 10.0. The number of aryl methyl sites for hydroxylation is 6. The molecular formula is C50H70B2Br2N12O4. The lowest BCUT2D eigenvalue weighted by Crippen LogP contribution is -2.26. The van der Waals surface area contributed by atoms with E-state index in [1.165, 1.54) is 33.8 Å². The number of ketones is 4. The fourth-order valence-electron chi connectivity index (χ4n) is 8.07. The molecule has 11 rings (SSSR count). The molecule has 20 heteroatoms. The van der Waals surface area contributed by atoms with Crippen LogP contribution in [0.3, 0.4) is 0 Å². The first-order valence-electron chi connectivity index (χ1n) is 24.9. The van der Waals surface area contributed by atoms with Gasteiger partial charge in [-0.3, -0.25) is 44.7 Å². The molecule has 6 aromatic rings. The summed E-state index contributed by atoms with van der Waals surface area (Å²) >= 11 is 6.63. The Kier molecular flexibility index (Phi) is 26.4. The van der Waals surface area contributed by atoms with Gasteiger partial charge in [0.15, 0.2) is 23.1 Å². The topological polar surface area (TPSA) is 251 Å². The predicted octanol–water partition coefficient (Wildman–Crippen LogP) is 10.3. The number of carbonyl (C=O) groups excluding carboxylic acids is 4. The van der Waals surface area contributed by atoms with Gasteiger partial charge in [-0.15, -0.1) is 13.2 Å². The lowest BCUT2D eigenvalue weighted by molar-refractivity contribution is 0.0875. The van der Waals surface area contributed by atoms with Crippen molar-refractivity contribution in [3.05, 3.63) is 112 Å². The number of aromatic amines is 6. The Morgan fingerprint density at radius 1 is 0.614 bits per heavy atom. The quantitative estimate of drug-likeness (QED) is 0.0516. The highest BCUT2D eigenvalue weighted by Crippen LogP contribution is 2.34. The number of nitrogens with zero attached hydrogens (tertiary/aromatic N) is 6. The molecule has 4 unspecified atom stereocenters. The van der Waals surface area contributed by atoms with Gasteiger partial charge in [0.2, 0.25) is 0 Å². The van der Waals surface area contributed by atoms with E-state index in [1.807, 2.05) is 47.7 Å². The first-order chi connectivity index (χ1) is 35.0. The summed E-state index contributed by atoms with van der Waals surface area (Å²) in [5.74, 6) is 0.250. The largest absolute Gasteiger partial charge is 0.358 e. The summed E-state index contributed by atoms with van der Waals surface area (Å²) in [6.07, 6.45) is 18.3. The molecule has 0 aromatic carbocycles. The summed E-state index contributed by atoms with van der Waals surface area (Å²) in [5.41, 5.74) is 14.8. The molecule has 374 valence electrons. The van der Waals surface area contributed by atoms with Crippen molar-refractivity contribution < 1.29 is 22.1 Å². The van der Waals surface area contributed by atoms with Crippen LogP contribution in [-0.4, -0.2) is 104 Å². The fourth-order valence-corrected chi connectivity index (χ4v) is 9.02. The van der Waals surface area contributed by atoms with Crippen molar-refractivity contribution in [1.29, 1.82) is 5.26 Å². The molecule has 6 aromatic heterocycles. The third kappa shape index (κ3) is 15.2. The van der Waals surface area contributed by atoms with Crippen LogP contribution in [0.5, 0.6) is 0 Å². The maximum atomic E-state index is 11.9. The first-order valence-corrected chi connectivity index (χ1v) is 25.8. The van der Waals surface area contributed by atoms with E-state index in [4.69, 9.17) is 8.23 Å². The number of rotatable bonds is 1. The summed E-state index contributed by atoms with van der Waals surface area (Å²) in [7, 11) is 8.00.